The predicted octanol–water partition coefficient (Wildman–Crippen LogP) is 3.26. The number of nitrogen functional groups attached to an aromatic ring is 1. The van der Waals surface area contributed by atoms with Crippen molar-refractivity contribution in [1.29, 1.82) is 0 Å². The van der Waals surface area contributed by atoms with Crippen LogP contribution in [0.15, 0.2) is 36.7 Å². The molecule has 0 spiro atoms. The van der Waals surface area contributed by atoms with Crippen molar-refractivity contribution in [2.45, 2.75) is 69.1 Å². The fraction of sp³-hybridized carbons (Fsp3) is 0.520. The van der Waals surface area contributed by atoms with E-state index in [1.807, 2.05) is 0 Å². The van der Waals surface area contributed by atoms with Gasteiger partial charge in [0.2, 0.25) is 5.95 Å². The molecule has 1 saturated carbocycles. The number of esters is 1. The largest absolute Gasteiger partial charge is 0.465 e. The molecule has 3 aromatic rings. The number of carbonyl (C=O) groups excluding carboxylic acids is 1. The van der Waals surface area contributed by atoms with Crippen molar-refractivity contribution in [2.75, 3.05) is 24.3 Å². The van der Waals surface area contributed by atoms with E-state index >= 15 is 4.39 Å². The summed E-state index contributed by atoms with van der Waals surface area (Å²) in [5, 5.41) is 16.1. The van der Waals surface area contributed by atoms with Crippen LogP contribution in [0.25, 0.3) is 11.2 Å². The molecule has 3 heterocycles. The first-order valence-corrected chi connectivity index (χ1v) is 15.1. The normalized spacial score (nSPS) is 25.8. The van der Waals surface area contributed by atoms with E-state index in [2.05, 4.69) is 25.4 Å². The number of nitrogens with one attached hydrogen (secondary N) is 2. The summed E-state index contributed by atoms with van der Waals surface area (Å²) in [5.41, 5.74) is 1.09. The summed E-state index contributed by atoms with van der Waals surface area (Å²) in [6, 6.07) is 6.34. The van der Waals surface area contributed by atoms with E-state index in [-0.39, 0.29) is 41.3 Å². The molecule has 1 aliphatic heterocycles. The van der Waals surface area contributed by atoms with Crippen molar-refractivity contribution in [3.63, 3.8) is 0 Å². The number of nitrogens with two attached hydrogens (primary N) is 1. The third-order valence-electron chi connectivity index (χ3n) is 6.86. The van der Waals surface area contributed by atoms with E-state index < -0.39 is 56.6 Å². The fourth-order valence-electron chi connectivity index (χ4n) is 4.53. The van der Waals surface area contributed by atoms with Gasteiger partial charge >= 0.3 is 19.9 Å². The summed E-state index contributed by atoms with van der Waals surface area (Å²) in [7, 11) is -4.59. The highest BCUT2D eigenvalue weighted by Gasteiger charge is 2.73. The van der Waals surface area contributed by atoms with Crippen LogP contribution in [0.1, 0.15) is 32.9 Å². The zero-order chi connectivity index (χ0) is 31.9. The molecule has 0 radical (unpaired) electrons. The number of anilines is 2. The van der Waals surface area contributed by atoms with Gasteiger partial charge in [0, 0.05) is 6.04 Å². The second-order valence-corrected chi connectivity index (χ2v) is 11.9. The molecule has 1 aromatic carbocycles. The third kappa shape index (κ3) is 6.30. The number of aliphatic hydroxyl groups excluding tert-OH is 1. The number of benzene rings is 1. The summed E-state index contributed by atoms with van der Waals surface area (Å²) in [6.45, 7) is 1.78. The highest BCUT2D eigenvalue weighted by atomic mass is 31.2. The van der Waals surface area contributed by atoms with Crippen LogP contribution in [0.3, 0.4) is 0 Å². The van der Waals surface area contributed by atoms with Crippen LogP contribution in [0.4, 0.5) is 29.3 Å². The van der Waals surface area contributed by atoms with Gasteiger partial charge in [-0.25, -0.2) is 13.9 Å². The van der Waals surface area contributed by atoms with Crippen LogP contribution in [0.5, 0.6) is 5.75 Å². The van der Waals surface area contributed by atoms with Gasteiger partial charge in [-0.15, -0.1) is 0 Å². The van der Waals surface area contributed by atoms with E-state index in [0.717, 1.165) is 19.2 Å². The zero-order valence-electron chi connectivity index (χ0n) is 23.4. The molecule has 240 valence electrons. The topological polar surface area (TPSA) is 185 Å². The minimum atomic E-state index is -5.67. The number of para-hydroxylation sites is 1. The summed E-state index contributed by atoms with van der Waals surface area (Å²) >= 11 is 0. The Labute approximate surface area is 247 Å². The van der Waals surface area contributed by atoms with Crippen LogP contribution in [-0.2, 0) is 23.4 Å². The molecule has 2 fully saturated rings. The van der Waals surface area contributed by atoms with Gasteiger partial charge in [-0.1, -0.05) is 18.2 Å². The van der Waals surface area contributed by atoms with Gasteiger partial charge in [0.15, 0.2) is 23.2 Å². The van der Waals surface area contributed by atoms with E-state index in [0.29, 0.717) is 4.57 Å². The Kier molecular flexibility index (Phi) is 8.74. The van der Waals surface area contributed by atoms with Gasteiger partial charge in [-0.2, -0.15) is 28.2 Å². The number of aliphatic hydroxyl groups is 1. The second kappa shape index (κ2) is 12.1. The number of imidazole rings is 1. The number of rotatable bonds is 12. The van der Waals surface area contributed by atoms with Crippen LogP contribution in [-0.4, -0.2) is 79.9 Å². The number of fused-ring (bicyclic) bond motifs is 1. The predicted molar refractivity (Wildman–Crippen MR) is 146 cm³/mol. The Hall–Kier alpha value is -3.57. The maximum Gasteiger partial charge on any atom is 0.459 e. The van der Waals surface area contributed by atoms with Crippen LogP contribution in [0.2, 0.25) is 0 Å². The van der Waals surface area contributed by atoms with Gasteiger partial charge in [0.1, 0.15) is 24.0 Å². The molecule has 2 aromatic heterocycles. The molecule has 44 heavy (non-hydrogen) atoms. The van der Waals surface area contributed by atoms with Gasteiger partial charge in [-0.3, -0.25) is 13.9 Å². The monoisotopic (exact) mass is 647 g/mol. The maximum absolute atomic E-state index is 16.1. The van der Waals surface area contributed by atoms with Crippen molar-refractivity contribution in [3.8, 4) is 5.75 Å². The molecule has 19 heteroatoms. The quantitative estimate of drug-likeness (QED) is 0.128. The molecular formula is C25H30F4N7O7P. The molecule has 6 atom stereocenters. The maximum atomic E-state index is 16.1. The SMILES string of the molecule is CCOC(=O)[C@H](C)N[P@](=O)(OC[C@H]1O[C@@H](n2cnc3c(NC4CC4)nc(N)nc32)[C@@](F)(C(F)(F)F)[C@@H]1O)Oc1ccccc1. The molecule has 2 aliphatic rings. The van der Waals surface area contributed by atoms with E-state index in [1.54, 1.807) is 25.1 Å². The smallest absolute Gasteiger partial charge is 0.459 e. The average Bonchev–Trinajstić information content (AvgIpc) is 3.61. The van der Waals surface area contributed by atoms with Crippen molar-refractivity contribution in [3.05, 3.63) is 36.7 Å². The van der Waals surface area contributed by atoms with Crippen molar-refractivity contribution in [2.24, 2.45) is 0 Å². The molecule has 0 unspecified atom stereocenters. The lowest BCUT2D eigenvalue weighted by atomic mass is 9.95. The molecule has 14 nitrogen and oxygen atoms in total. The molecule has 5 N–H and O–H groups in total. The third-order valence-corrected chi connectivity index (χ3v) is 8.50. The minimum Gasteiger partial charge on any atom is -0.465 e. The van der Waals surface area contributed by atoms with Crippen LogP contribution in [0, 0.1) is 0 Å². The van der Waals surface area contributed by atoms with Crippen molar-refractivity contribution in [1.82, 2.24) is 24.6 Å². The number of ether oxygens (including phenoxy) is 2. The number of halogens is 4. The van der Waals surface area contributed by atoms with E-state index in [9.17, 15) is 27.6 Å². The van der Waals surface area contributed by atoms with Crippen molar-refractivity contribution >= 4 is 36.6 Å². The highest BCUT2D eigenvalue weighted by Crippen LogP contribution is 2.53. The minimum absolute atomic E-state index is 0.00586. The Bertz CT molecular complexity index is 1540. The highest BCUT2D eigenvalue weighted by molar-refractivity contribution is 7.52. The lowest BCUT2D eigenvalue weighted by Crippen LogP contribution is -2.54. The Morgan fingerprint density at radius 1 is 1.30 bits per heavy atom. The first kappa shape index (κ1) is 31.8. The molecule has 1 aliphatic carbocycles. The number of hydrogen-bond donors (Lipinski definition) is 4. The average molecular weight is 648 g/mol. The number of hydrogen-bond acceptors (Lipinski definition) is 12. The number of carbonyl (C=O) groups is 1. The number of aromatic nitrogens is 4. The van der Waals surface area contributed by atoms with Crippen LogP contribution < -0.4 is 20.7 Å². The first-order chi connectivity index (χ1) is 20.8. The summed E-state index contributed by atoms with van der Waals surface area (Å²) in [6.07, 6.45) is -10.6. The van der Waals surface area contributed by atoms with Crippen molar-refractivity contribution < 1.29 is 50.5 Å². The van der Waals surface area contributed by atoms with Gasteiger partial charge in [0.05, 0.1) is 19.5 Å². The Balaban J connectivity index is 1.44. The van der Waals surface area contributed by atoms with Gasteiger partial charge in [0.25, 0.3) is 5.67 Å². The molecular weight excluding hydrogens is 617 g/mol. The lowest BCUT2D eigenvalue weighted by Gasteiger charge is -2.31. The van der Waals surface area contributed by atoms with Crippen LogP contribution >= 0.6 is 7.75 Å². The first-order valence-electron chi connectivity index (χ1n) is 13.5. The van der Waals surface area contributed by atoms with E-state index in [4.69, 9.17) is 24.3 Å². The molecule has 0 amide bonds. The van der Waals surface area contributed by atoms with Gasteiger partial charge < -0.3 is 30.2 Å². The standard InChI is InChI=1S/C25H30F4N7O7P/c1-3-40-21(38)13(2)35-44(39,43-15-7-5-4-6-8-15)41-11-16-18(37)24(26,25(27,28)29)22(42-16)36-12-31-17-19(32-14-9-10-14)33-23(30)34-20(17)36/h4-8,12-14,16,18,22,37H,3,9-11H2,1-2H3,(H,35,39)(H3,30,32,33,34)/t13-,16+,18+,22+,24+,44-/m0/s1. The molecule has 5 rings (SSSR count). The number of alkyl halides is 4. The molecule has 1 saturated heterocycles. The number of nitrogens with zero attached hydrogens (tertiary/aromatic N) is 4. The summed E-state index contributed by atoms with van der Waals surface area (Å²) < 4.78 is 94.6. The zero-order valence-corrected chi connectivity index (χ0v) is 24.3. The Morgan fingerprint density at radius 2 is 2.00 bits per heavy atom. The lowest BCUT2D eigenvalue weighted by molar-refractivity contribution is -0.273. The van der Waals surface area contributed by atoms with Gasteiger partial charge in [-0.05, 0) is 38.8 Å². The Morgan fingerprint density at radius 3 is 2.64 bits per heavy atom. The van der Waals surface area contributed by atoms with E-state index in [1.165, 1.54) is 19.1 Å². The second-order valence-electron chi connectivity index (χ2n) is 10.2. The fourth-order valence-corrected chi connectivity index (χ4v) is 6.03. The summed E-state index contributed by atoms with van der Waals surface area (Å²) in [4.78, 5) is 24.2. The summed E-state index contributed by atoms with van der Waals surface area (Å²) in [5.74, 6) is -0.991. The molecule has 0 bridgehead atoms.